The minimum absolute atomic E-state index is 0.192. The number of hydrogen-bond acceptors (Lipinski definition) is 27. The van der Waals surface area contributed by atoms with E-state index in [2.05, 4.69) is 10.6 Å². The summed E-state index contributed by atoms with van der Waals surface area (Å²) in [6.45, 7) is 3.39. The van der Waals surface area contributed by atoms with Gasteiger partial charge in [0, 0.05) is 44.1 Å². The van der Waals surface area contributed by atoms with Crippen LogP contribution in [0.5, 0.6) is 0 Å². The van der Waals surface area contributed by atoms with Crippen LogP contribution in [0, 0.1) is 17.8 Å². The molecule has 0 aromatic rings. The Balaban J connectivity index is 1.70. The quantitative estimate of drug-likeness (QED) is 0.0811. The molecule has 0 spiro atoms. The van der Waals surface area contributed by atoms with Gasteiger partial charge in [-0.15, -0.1) is 0 Å². The molecule has 4 aliphatic rings. The molecule has 4 rings (SSSR count). The van der Waals surface area contributed by atoms with E-state index in [1.807, 2.05) is 0 Å². The number of nitrogens with one attached hydrogen (secondary N) is 2. The van der Waals surface area contributed by atoms with Gasteiger partial charge in [-0.05, 0) is 33.1 Å². The molecule has 21 N–H and O–H groups in total. The van der Waals surface area contributed by atoms with Crippen LogP contribution in [0.3, 0.4) is 0 Å². The summed E-state index contributed by atoms with van der Waals surface area (Å²) in [4.78, 5) is 26.9. The van der Waals surface area contributed by atoms with Crippen LogP contribution < -0.4 is 10.6 Å². The molecule has 4 heterocycles. The summed E-state index contributed by atoms with van der Waals surface area (Å²) in [5.74, 6) is -9.49. The number of aliphatic hydroxyl groups is 19. The van der Waals surface area contributed by atoms with E-state index in [0.29, 0.717) is 0 Å². The average Bonchev–Trinajstić information content (AvgIpc) is 1.43. The zero-order chi connectivity index (χ0) is 64.9. The second-order valence-corrected chi connectivity index (χ2v) is 23.3. The summed E-state index contributed by atoms with van der Waals surface area (Å²) in [6.07, 6.45) is -14.6. The van der Waals surface area contributed by atoms with Gasteiger partial charge in [-0.1, -0.05) is 98.9 Å². The van der Waals surface area contributed by atoms with Gasteiger partial charge in [0.25, 0.3) is 0 Å². The molecular formula is C59H96N2O26. The normalized spacial score (nSPS) is 41.3. The molecule has 3 saturated heterocycles. The van der Waals surface area contributed by atoms with Crippen molar-refractivity contribution < 1.29 is 130 Å². The van der Waals surface area contributed by atoms with Crippen molar-refractivity contribution in [1.82, 2.24) is 10.6 Å². The SMILES string of the molecule is C[C@@H]1[C@H](O)[C@@H](C)C=CC=CC=CC=CC=CC=CC=C[C@H](OC2O[C@H](C)[C@@H](O)[C@H](NC[C@@]3(O)OC[C@@H](O)[C@H](O)[C@@H]3O)[C@@H]2O)CC2O[C@](O)(C[C@@H](O)C[C@@H](O)[C@H](O)CC[C@@H](O)C[C@@H](O)CC(=O)O[C@H]1C)C[C@H](O)C2C(=O)NCC(O)C(O)C(O)C(O)CO. The highest BCUT2D eigenvalue weighted by Gasteiger charge is 2.53. The Morgan fingerprint density at radius 1 is 0.644 bits per heavy atom. The molecule has 2 bridgehead atoms. The highest BCUT2D eigenvalue weighted by atomic mass is 16.7. The van der Waals surface area contributed by atoms with E-state index in [1.54, 1.807) is 93.7 Å². The van der Waals surface area contributed by atoms with Crippen LogP contribution >= 0.6 is 0 Å². The number of rotatable bonds is 12. The van der Waals surface area contributed by atoms with E-state index >= 15 is 0 Å². The average molecular weight is 1250 g/mol. The van der Waals surface area contributed by atoms with Crippen LogP contribution in [0.1, 0.15) is 79.1 Å². The Morgan fingerprint density at radius 2 is 1.23 bits per heavy atom. The summed E-state index contributed by atoms with van der Waals surface area (Å²) >= 11 is 0. The highest BCUT2D eigenvalue weighted by molar-refractivity contribution is 5.80. The van der Waals surface area contributed by atoms with Crippen molar-refractivity contribution in [2.75, 3.05) is 26.3 Å². The van der Waals surface area contributed by atoms with Crippen molar-refractivity contribution in [2.24, 2.45) is 17.8 Å². The van der Waals surface area contributed by atoms with Gasteiger partial charge in [-0.25, -0.2) is 0 Å². The third-order valence-electron chi connectivity index (χ3n) is 16.1. The number of amides is 1. The molecule has 0 saturated carbocycles. The molecule has 28 nitrogen and oxygen atoms in total. The van der Waals surface area contributed by atoms with Gasteiger partial charge in [0.05, 0.1) is 111 Å². The van der Waals surface area contributed by atoms with E-state index in [1.165, 1.54) is 19.1 Å². The fourth-order valence-electron chi connectivity index (χ4n) is 10.5. The predicted octanol–water partition coefficient (Wildman–Crippen LogP) is -5.39. The molecule has 28 heteroatoms. The fourth-order valence-corrected chi connectivity index (χ4v) is 10.5. The number of carbonyl (C=O) groups excluding carboxylic acids is 2. The monoisotopic (exact) mass is 1250 g/mol. The standard InChI is InChI=1S/C59H96N2O26/c1-31-17-15-13-11-9-7-5-6-8-10-12-14-16-18-38(86-57-54(78)48(50(74)34(4)85-57)61-30-59(82)55(79)53(77)44(71)29-83-59)24-45-47(56(80)60-27-42(69)51(75)52(76)43(70)28-62)41(68)26-58(81,87-45)25-37(65)22-40(67)39(66)20-19-35(63)21-36(64)23-46(72)84-33(3)32(2)49(31)73/h5-18,31-45,47-55,57,61-71,73-79,81-82H,19-30H2,1-4H3,(H,60,80)/t31-,32-,33-,34+,35+,36+,37-,38-,39+,40+,41-,42?,43?,44+,45?,47?,48-,49+,50+,51?,52?,53-,54-,55-,57?,58+,59+/m0/s1. The Hall–Kier alpha value is -3.84. The topological polar surface area (TPSA) is 489 Å². The largest absolute Gasteiger partial charge is 0.462 e. The predicted molar refractivity (Wildman–Crippen MR) is 306 cm³/mol. The molecule has 0 radical (unpaired) electrons. The van der Waals surface area contributed by atoms with Gasteiger partial charge in [0.1, 0.15) is 48.8 Å². The molecular weight excluding hydrogens is 1150 g/mol. The molecule has 4 aliphatic heterocycles. The summed E-state index contributed by atoms with van der Waals surface area (Å²) in [6, 6.07) is -1.44. The summed E-state index contributed by atoms with van der Waals surface area (Å²) in [7, 11) is 0. The van der Waals surface area contributed by atoms with Crippen LogP contribution in [0.25, 0.3) is 0 Å². The molecule has 87 heavy (non-hydrogen) atoms. The van der Waals surface area contributed by atoms with Crippen LogP contribution in [0.4, 0.5) is 0 Å². The Labute approximate surface area is 505 Å². The first-order chi connectivity index (χ1) is 40.9. The highest BCUT2D eigenvalue weighted by Crippen LogP contribution is 2.39. The molecule has 0 aliphatic carbocycles. The van der Waals surface area contributed by atoms with E-state index in [4.69, 9.17) is 23.7 Å². The first-order valence-corrected chi connectivity index (χ1v) is 29.4. The van der Waals surface area contributed by atoms with Crippen molar-refractivity contribution >= 4 is 11.9 Å². The zero-order valence-electron chi connectivity index (χ0n) is 49.4. The number of carbonyl (C=O) groups is 2. The van der Waals surface area contributed by atoms with Gasteiger partial charge in [0.15, 0.2) is 12.1 Å². The van der Waals surface area contributed by atoms with Crippen LogP contribution in [-0.4, -0.2) is 281 Å². The van der Waals surface area contributed by atoms with E-state index < -0.39 is 228 Å². The first kappa shape index (κ1) is 75.6. The van der Waals surface area contributed by atoms with Crippen LogP contribution in [0.15, 0.2) is 85.1 Å². The maximum Gasteiger partial charge on any atom is 0.308 e. The smallest absolute Gasteiger partial charge is 0.308 e. The minimum atomic E-state index is -2.54. The summed E-state index contributed by atoms with van der Waals surface area (Å²) in [5.41, 5.74) is 0. The Kier molecular flexibility index (Phi) is 31.5. The van der Waals surface area contributed by atoms with Crippen molar-refractivity contribution in [1.29, 1.82) is 0 Å². The van der Waals surface area contributed by atoms with Gasteiger partial charge in [-0.3, -0.25) is 9.59 Å². The number of esters is 1. The summed E-state index contributed by atoms with van der Waals surface area (Å²) < 4.78 is 29.1. The third kappa shape index (κ3) is 23.4. The van der Waals surface area contributed by atoms with Crippen molar-refractivity contribution in [3.8, 4) is 0 Å². The van der Waals surface area contributed by atoms with Gasteiger partial charge in [0.2, 0.25) is 11.7 Å². The van der Waals surface area contributed by atoms with Crippen LogP contribution in [0.2, 0.25) is 0 Å². The summed E-state index contributed by atoms with van der Waals surface area (Å²) in [5, 5.41) is 210. The van der Waals surface area contributed by atoms with E-state index in [0.717, 1.165) is 0 Å². The maximum atomic E-state index is 14.2. The molecule has 498 valence electrons. The maximum absolute atomic E-state index is 14.2. The van der Waals surface area contributed by atoms with Gasteiger partial charge >= 0.3 is 5.97 Å². The molecule has 1 amide bonds. The lowest BCUT2D eigenvalue weighted by Crippen LogP contribution is -2.69. The number of cyclic esters (lactones) is 1. The van der Waals surface area contributed by atoms with Gasteiger partial charge in [-0.2, -0.15) is 0 Å². The second kappa shape index (κ2) is 36.3. The zero-order valence-corrected chi connectivity index (χ0v) is 49.4. The Morgan fingerprint density at radius 3 is 1.84 bits per heavy atom. The van der Waals surface area contributed by atoms with Crippen molar-refractivity contribution in [3.05, 3.63) is 85.1 Å². The molecule has 3 fully saturated rings. The number of aliphatic hydroxyl groups excluding tert-OH is 17. The van der Waals surface area contributed by atoms with Crippen LogP contribution in [-0.2, 0) is 33.3 Å². The van der Waals surface area contributed by atoms with Crippen molar-refractivity contribution in [3.63, 3.8) is 0 Å². The number of allylic oxidation sites excluding steroid dienone is 12. The lowest BCUT2D eigenvalue weighted by Gasteiger charge is -2.47. The molecule has 7 unspecified atom stereocenters. The van der Waals surface area contributed by atoms with E-state index in [9.17, 15) is 107 Å². The third-order valence-corrected chi connectivity index (χ3v) is 16.1. The lowest BCUT2D eigenvalue weighted by molar-refractivity contribution is -0.323. The molecule has 0 aromatic heterocycles. The second-order valence-electron chi connectivity index (χ2n) is 23.3. The van der Waals surface area contributed by atoms with E-state index in [-0.39, 0.29) is 25.2 Å². The minimum Gasteiger partial charge on any atom is -0.462 e. The number of hydrogen-bond donors (Lipinski definition) is 21. The lowest BCUT2D eigenvalue weighted by atomic mass is 9.82. The molecule has 0 aromatic carbocycles. The fraction of sp³-hybridized carbons (Fsp3) is 0.729. The molecule has 27 atom stereocenters. The van der Waals surface area contributed by atoms with Crippen molar-refractivity contribution in [2.45, 2.75) is 225 Å². The number of fused-ring (bicyclic) bond motifs is 2. The first-order valence-electron chi connectivity index (χ1n) is 29.4. The Bertz CT molecular complexity index is 2270. The van der Waals surface area contributed by atoms with Gasteiger partial charge < -0.3 is 131 Å². The number of ether oxygens (including phenoxy) is 5.